The van der Waals surface area contributed by atoms with Crippen LogP contribution in [0.2, 0.25) is 0 Å². The van der Waals surface area contributed by atoms with Crippen molar-refractivity contribution >= 4 is 16.0 Å². The van der Waals surface area contributed by atoms with Crippen LogP contribution in [0.5, 0.6) is 0 Å². The minimum atomic E-state index is -4.06. The molecule has 0 amide bonds. The summed E-state index contributed by atoms with van der Waals surface area (Å²) in [6.45, 7) is 1.98. The molecule has 0 saturated heterocycles. The Hall–Kier alpha value is -3.89. The molecule has 0 saturated carbocycles. The van der Waals surface area contributed by atoms with Crippen LogP contribution in [-0.4, -0.2) is 45.7 Å². The van der Waals surface area contributed by atoms with E-state index >= 15 is 0 Å². The number of benzene rings is 3. The van der Waals surface area contributed by atoms with Crippen LogP contribution in [0.1, 0.15) is 11.1 Å². The summed E-state index contributed by atoms with van der Waals surface area (Å²) in [5, 5.41) is 21.9. The summed E-state index contributed by atoms with van der Waals surface area (Å²) in [5.41, 5.74) is 3.15. The fraction of sp³-hybridized carbons (Fsp3) is 0.130. The number of aromatic nitrogens is 4. The van der Waals surface area contributed by atoms with Gasteiger partial charge in [-0.2, -0.15) is 4.72 Å². The molecule has 3 aromatic carbocycles. The largest absolute Gasteiger partial charge is 0.480 e. The molecule has 1 aromatic heterocycles. The Kier molecular flexibility index (Phi) is 6.29. The molecule has 0 aliphatic rings. The molecule has 9 nitrogen and oxygen atoms in total. The van der Waals surface area contributed by atoms with Gasteiger partial charge in [0.05, 0.1) is 10.6 Å². The molecule has 33 heavy (non-hydrogen) atoms. The van der Waals surface area contributed by atoms with Crippen LogP contribution in [-0.2, 0) is 21.2 Å². The quantitative estimate of drug-likeness (QED) is 0.411. The zero-order valence-electron chi connectivity index (χ0n) is 17.7. The second-order valence-corrected chi connectivity index (χ2v) is 9.18. The second kappa shape index (κ2) is 9.31. The van der Waals surface area contributed by atoms with Gasteiger partial charge in [0.25, 0.3) is 0 Å². The summed E-state index contributed by atoms with van der Waals surface area (Å²) < 4.78 is 27.8. The molecule has 0 spiro atoms. The van der Waals surface area contributed by atoms with Gasteiger partial charge in [0, 0.05) is 5.56 Å². The topological polar surface area (TPSA) is 127 Å². The number of nitrogens with zero attached hydrogens (tertiary/aromatic N) is 4. The first-order valence-corrected chi connectivity index (χ1v) is 11.6. The second-order valence-electron chi connectivity index (χ2n) is 7.46. The van der Waals surface area contributed by atoms with Gasteiger partial charge in [0.1, 0.15) is 6.04 Å². The van der Waals surface area contributed by atoms with Gasteiger partial charge in [0.2, 0.25) is 15.8 Å². The van der Waals surface area contributed by atoms with Gasteiger partial charge in [-0.25, -0.2) is 8.42 Å². The summed E-state index contributed by atoms with van der Waals surface area (Å²) in [6.07, 6.45) is 0.0273. The maximum atomic E-state index is 12.8. The maximum absolute atomic E-state index is 12.8. The number of sulfonamides is 1. The van der Waals surface area contributed by atoms with E-state index in [1.165, 1.54) is 16.9 Å². The highest BCUT2D eigenvalue weighted by molar-refractivity contribution is 7.89. The molecule has 0 aliphatic carbocycles. The van der Waals surface area contributed by atoms with Crippen LogP contribution in [0.3, 0.4) is 0 Å². The number of carboxylic acid groups (broad SMARTS) is 1. The summed E-state index contributed by atoms with van der Waals surface area (Å²) >= 11 is 0. The Morgan fingerprint density at radius 3 is 2.30 bits per heavy atom. The van der Waals surface area contributed by atoms with Gasteiger partial charge in [-0.15, -0.1) is 15.0 Å². The Balaban J connectivity index is 1.51. The summed E-state index contributed by atoms with van der Waals surface area (Å²) in [4.78, 5) is 13.0. The Morgan fingerprint density at radius 2 is 1.67 bits per heavy atom. The highest BCUT2D eigenvalue weighted by atomic mass is 32.2. The zero-order chi connectivity index (χ0) is 23.4. The smallest absolute Gasteiger partial charge is 0.322 e. The highest BCUT2D eigenvalue weighted by Crippen LogP contribution is 2.19. The van der Waals surface area contributed by atoms with E-state index in [0.717, 1.165) is 11.3 Å². The number of rotatable bonds is 8. The van der Waals surface area contributed by atoms with Crippen molar-refractivity contribution in [3.8, 4) is 17.1 Å². The highest BCUT2D eigenvalue weighted by Gasteiger charge is 2.25. The molecule has 0 fully saturated rings. The minimum Gasteiger partial charge on any atom is -0.480 e. The van der Waals surface area contributed by atoms with Crippen LogP contribution in [0.15, 0.2) is 83.8 Å². The van der Waals surface area contributed by atoms with Crippen LogP contribution < -0.4 is 4.72 Å². The van der Waals surface area contributed by atoms with E-state index in [-0.39, 0.29) is 11.3 Å². The third kappa shape index (κ3) is 5.30. The Bertz CT molecular complexity index is 1350. The number of hydrogen-bond acceptors (Lipinski definition) is 6. The van der Waals surface area contributed by atoms with Gasteiger partial charge in [-0.3, -0.25) is 4.79 Å². The van der Waals surface area contributed by atoms with Crippen molar-refractivity contribution in [3.05, 3.63) is 90.0 Å². The average molecular weight is 464 g/mol. The number of carbonyl (C=O) groups is 1. The number of nitrogens with one attached hydrogen (secondary N) is 1. The summed E-state index contributed by atoms with van der Waals surface area (Å²) in [7, 11) is -4.06. The van der Waals surface area contributed by atoms with Crippen molar-refractivity contribution in [2.24, 2.45) is 0 Å². The van der Waals surface area contributed by atoms with E-state index in [2.05, 4.69) is 20.1 Å². The molecule has 2 N–H and O–H groups in total. The fourth-order valence-corrected chi connectivity index (χ4v) is 4.37. The molecule has 1 atom stereocenters. The number of tetrazole rings is 1. The molecule has 4 aromatic rings. The van der Waals surface area contributed by atoms with E-state index in [9.17, 15) is 18.3 Å². The normalized spacial score (nSPS) is 12.4. The lowest BCUT2D eigenvalue weighted by Gasteiger charge is -2.15. The molecule has 0 bridgehead atoms. The molecule has 10 heteroatoms. The number of hydrogen-bond donors (Lipinski definition) is 2. The third-order valence-corrected chi connectivity index (χ3v) is 6.47. The molecule has 168 valence electrons. The van der Waals surface area contributed by atoms with Crippen molar-refractivity contribution in [1.82, 2.24) is 24.9 Å². The Morgan fingerprint density at radius 1 is 1.00 bits per heavy atom. The maximum Gasteiger partial charge on any atom is 0.322 e. The van der Waals surface area contributed by atoms with Gasteiger partial charge in [-0.1, -0.05) is 48.0 Å². The van der Waals surface area contributed by atoms with E-state index < -0.39 is 22.0 Å². The van der Waals surface area contributed by atoms with Crippen LogP contribution in [0.4, 0.5) is 0 Å². The van der Waals surface area contributed by atoms with Crippen molar-refractivity contribution in [2.45, 2.75) is 24.3 Å². The Labute approximate surface area is 190 Å². The SMILES string of the molecule is Cc1ccc(-n2nnc(-c3ccc(S(=O)(=O)N[C@H](Cc4ccccc4)C(=O)O)cc3)n2)cc1. The van der Waals surface area contributed by atoms with Crippen LogP contribution in [0, 0.1) is 6.92 Å². The number of aryl methyl sites for hydroxylation is 1. The van der Waals surface area contributed by atoms with Crippen molar-refractivity contribution in [2.75, 3.05) is 0 Å². The summed E-state index contributed by atoms with van der Waals surface area (Å²) in [5.74, 6) is -0.920. The first-order valence-electron chi connectivity index (χ1n) is 10.1. The summed E-state index contributed by atoms with van der Waals surface area (Å²) in [6, 6.07) is 21.0. The molecule has 0 unspecified atom stereocenters. The zero-order valence-corrected chi connectivity index (χ0v) is 18.5. The van der Waals surface area contributed by atoms with Crippen molar-refractivity contribution in [3.63, 3.8) is 0 Å². The van der Waals surface area contributed by atoms with Crippen molar-refractivity contribution in [1.29, 1.82) is 0 Å². The van der Waals surface area contributed by atoms with E-state index in [1.54, 1.807) is 42.5 Å². The van der Waals surface area contributed by atoms with Gasteiger partial charge in [0.15, 0.2) is 0 Å². The molecular weight excluding hydrogens is 442 g/mol. The molecule has 0 radical (unpaired) electrons. The molecule has 1 heterocycles. The minimum absolute atomic E-state index is 0.0273. The fourth-order valence-electron chi connectivity index (χ4n) is 3.19. The van der Waals surface area contributed by atoms with Crippen LogP contribution >= 0.6 is 0 Å². The van der Waals surface area contributed by atoms with Crippen molar-refractivity contribution < 1.29 is 18.3 Å². The monoisotopic (exact) mass is 463 g/mol. The lowest BCUT2D eigenvalue weighted by Crippen LogP contribution is -2.42. The van der Waals surface area contributed by atoms with E-state index in [0.29, 0.717) is 17.0 Å². The van der Waals surface area contributed by atoms with E-state index in [1.807, 2.05) is 31.2 Å². The van der Waals surface area contributed by atoms with E-state index in [4.69, 9.17) is 0 Å². The molecular formula is C23H21N5O4S. The number of carboxylic acids is 1. The lowest BCUT2D eigenvalue weighted by molar-refractivity contribution is -0.138. The first kappa shape index (κ1) is 22.3. The average Bonchev–Trinajstić information content (AvgIpc) is 3.30. The van der Waals surface area contributed by atoms with Crippen LogP contribution in [0.25, 0.3) is 17.1 Å². The van der Waals surface area contributed by atoms with Gasteiger partial charge >= 0.3 is 5.97 Å². The van der Waals surface area contributed by atoms with Gasteiger partial charge in [-0.05, 0) is 60.5 Å². The molecule has 0 aliphatic heterocycles. The third-order valence-electron chi connectivity index (χ3n) is 4.98. The predicted octanol–water partition coefficient (Wildman–Crippen LogP) is 2.61. The lowest BCUT2D eigenvalue weighted by atomic mass is 10.1. The first-order chi connectivity index (χ1) is 15.8. The van der Waals surface area contributed by atoms with Gasteiger partial charge < -0.3 is 5.11 Å². The standard InChI is InChI=1S/C23H21N5O4S/c1-16-7-11-19(12-8-16)28-25-22(24-27-28)18-9-13-20(14-10-18)33(31,32)26-21(23(29)30)15-17-5-3-2-4-6-17/h2-14,21,26H,15H2,1H3,(H,29,30)/t21-/m1/s1. The number of aliphatic carboxylic acids is 1. The molecule has 4 rings (SSSR count). The predicted molar refractivity (Wildman–Crippen MR) is 121 cm³/mol.